The molecule has 0 aliphatic heterocycles. The number of rotatable bonds is 3. The van der Waals surface area contributed by atoms with Crippen molar-refractivity contribution in [2.75, 3.05) is 21.2 Å². The van der Waals surface area contributed by atoms with Crippen LogP contribution in [0.5, 0.6) is 5.75 Å². The van der Waals surface area contributed by atoms with Gasteiger partial charge in [0, 0.05) is 0 Å². The maximum atomic E-state index is 11.8. The number of ether oxygens (including phenoxy) is 1. The maximum absolute atomic E-state index is 11.8. The second-order valence-electron chi connectivity index (χ2n) is 4.06. The Balaban J connectivity index is 2.44. The molecule has 1 aromatic heterocycles. The summed E-state index contributed by atoms with van der Waals surface area (Å²) < 4.78 is 6.68. The topological polar surface area (TPSA) is 29.5 Å². The molecule has 2 rings (SSSR count). The minimum absolute atomic E-state index is 0.130. The van der Waals surface area contributed by atoms with Gasteiger partial charge in [-0.3, -0.25) is 0 Å². The average Bonchev–Trinajstić information content (AvgIpc) is 2.72. The quantitative estimate of drug-likeness (QED) is 0.804. The zero-order valence-electron chi connectivity index (χ0n) is 10.2. The molecule has 3 nitrogen and oxygen atoms in total. The van der Waals surface area contributed by atoms with Crippen LogP contribution in [0.1, 0.15) is 5.56 Å². The number of hydrogen-bond acceptors (Lipinski definition) is 2. The second kappa shape index (κ2) is 4.94. The first-order valence-corrected chi connectivity index (χ1v) is 7.21. The molecule has 0 N–H and O–H groups in total. The summed E-state index contributed by atoms with van der Waals surface area (Å²) in [5.41, 5.74) is 1.11. The van der Waals surface area contributed by atoms with E-state index in [1.165, 1.54) is 4.26 Å². The first kappa shape index (κ1) is 12.2. The molecule has 90 valence electrons. The average molecular weight is 296 g/mol. The molecule has 0 aliphatic carbocycles. The van der Waals surface area contributed by atoms with Crippen molar-refractivity contribution < 1.29 is 9.53 Å². The van der Waals surface area contributed by atoms with Crippen LogP contribution in [0.4, 0.5) is 0 Å². The summed E-state index contributed by atoms with van der Waals surface area (Å²) in [5, 5.41) is 1.13. The number of methoxy groups -OCH3 is 1. The number of likely N-dealkylation sites (N-methyl/N-ethyl adjacent to an activating group) is 1. The van der Waals surface area contributed by atoms with Gasteiger partial charge in [0.1, 0.15) is 0 Å². The summed E-state index contributed by atoms with van der Waals surface area (Å²) in [6, 6.07) is 6.07. The molecule has 0 atom stereocenters. The van der Waals surface area contributed by atoms with E-state index in [1.54, 1.807) is 26.1 Å². The van der Waals surface area contributed by atoms with Crippen LogP contribution in [0, 0.1) is 0 Å². The van der Waals surface area contributed by atoms with Gasteiger partial charge in [-0.05, 0) is 0 Å². The second-order valence-corrected chi connectivity index (χ2v) is 5.97. The van der Waals surface area contributed by atoms with Gasteiger partial charge in [-0.2, -0.15) is 0 Å². The van der Waals surface area contributed by atoms with Crippen molar-refractivity contribution in [1.29, 1.82) is 0 Å². The predicted molar refractivity (Wildman–Crippen MR) is 69.8 cm³/mol. The fraction of sp³-hybridized carbons (Fsp3) is 0.308. The Morgan fingerprint density at radius 3 is 2.82 bits per heavy atom. The molecule has 17 heavy (non-hydrogen) atoms. The van der Waals surface area contributed by atoms with Crippen LogP contribution in [0.3, 0.4) is 0 Å². The molecule has 0 bridgehead atoms. The fourth-order valence-corrected chi connectivity index (χ4v) is 3.79. The van der Waals surface area contributed by atoms with Crippen molar-refractivity contribution in [2.45, 2.75) is 6.42 Å². The van der Waals surface area contributed by atoms with Crippen molar-refractivity contribution >= 4 is 30.1 Å². The van der Waals surface area contributed by atoms with Crippen molar-refractivity contribution in [1.82, 2.24) is 4.90 Å². The number of carbonyl (C=O) groups excluding carboxylic acids is 1. The summed E-state index contributed by atoms with van der Waals surface area (Å²) in [7, 11) is 5.24. The molecule has 0 spiro atoms. The molecule has 2 aromatic rings. The van der Waals surface area contributed by atoms with Gasteiger partial charge in [0.15, 0.2) is 0 Å². The van der Waals surface area contributed by atoms with Crippen LogP contribution in [0.15, 0.2) is 23.1 Å². The third-order valence-electron chi connectivity index (χ3n) is 2.70. The Hall–Kier alpha value is -1.25. The number of hydrogen-bond donors (Lipinski definition) is 0. The molecule has 1 amide bonds. The van der Waals surface area contributed by atoms with Crippen LogP contribution in [0.2, 0.25) is 0 Å². The van der Waals surface area contributed by atoms with Crippen LogP contribution in [0.25, 0.3) is 9.65 Å². The Labute approximate surface area is 107 Å². The molecule has 0 saturated heterocycles. The molecule has 4 heteroatoms. The zero-order chi connectivity index (χ0) is 12.4. The Bertz CT molecular complexity index is 545. The zero-order valence-corrected chi connectivity index (χ0v) is 11.9. The number of carbonyl (C=O) groups is 1. The van der Waals surface area contributed by atoms with Crippen LogP contribution < -0.4 is 4.74 Å². The number of amides is 1. The van der Waals surface area contributed by atoms with Gasteiger partial charge in [0.25, 0.3) is 0 Å². The Kier molecular flexibility index (Phi) is 3.55. The summed E-state index contributed by atoms with van der Waals surface area (Å²) in [6.07, 6.45) is 0.460. The van der Waals surface area contributed by atoms with Crippen LogP contribution >= 0.6 is 0 Å². The van der Waals surface area contributed by atoms with Crippen molar-refractivity contribution in [2.24, 2.45) is 0 Å². The van der Waals surface area contributed by atoms with Crippen molar-refractivity contribution in [3.8, 4) is 5.75 Å². The van der Waals surface area contributed by atoms with Gasteiger partial charge in [-0.1, -0.05) is 0 Å². The monoisotopic (exact) mass is 297 g/mol. The van der Waals surface area contributed by atoms with E-state index in [0.29, 0.717) is 20.9 Å². The molecular formula is C13H15NO2Se. The van der Waals surface area contributed by atoms with Gasteiger partial charge < -0.3 is 0 Å². The standard InChI is InChI=1S/C13H15NO2Se/c1-14(2)12(15)7-9-8-17-11-6-4-5-10(16-3)13(9)11/h4-6,8H,7H2,1-3H3. The minimum atomic E-state index is 0.130. The van der Waals surface area contributed by atoms with Gasteiger partial charge in [0.05, 0.1) is 0 Å². The summed E-state index contributed by atoms with van der Waals surface area (Å²) in [6.45, 7) is 0. The van der Waals surface area contributed by atoms with E-state index in [0.717, 1.165) is 16.7 Å². The number of nitrogens with zero attached hydrogens (tertiary/aromatic N) is 1. The molecular weight excluding hydrogens is 281 g/mol. The van der Waals surface area contributed by atoms with Gasteiger partial charge in [-0.25, -0.2) is 0 Å². The third kappa shape index (κ3) is 2.38. The van der Waals surface area contributed by atoms with E-state index < -0.39 is 0 Å². The number of benzene rings is 1. The molecule has 0 fully saturated rings. The summed E-state index contributed by atoms with van der Waals surface area (Å²) >= 11 is 0.325. The molecule has 1 aromatic carbocycles. The molecule has 0 saturated carbocycles. The summed E-state index contributed by atoms with van der Waals surface area (Å²) in [5.74, 6) is 1.01. The van der Waals surface area contributed by atoms with E-state index >= 15 is 0 Å². The third-order valence-corrected chi connectivity index (χ3v) is 4.79. The van der Waals surface area contributed by atoms with Crippen molar-refractivity contribution in [3.63, 3.8) is 0 Å². The van der Waals surface area contributed by atoms with Crippen LogP contribution in [-0.4, -0.2) is 46.5 Å². The van der Waals surface area contributed by atoms with Crippen molar-refractivity contribution in [3.05, 3.63) is 28.7 Å². The van der Waals surface area contributed by atoms with Gasteiger partial charge in [0.2, 0.25) is 0 Å². The molecule has 1 heterocycles. The van der Waals surface area contributed by atoms with Gasteiger partial charge in [-0.15, -0.1) is 0 Å². The molecule has 0 aliphatic rings. The molecule has 0 radical (unpaired) electrons. The normalized spacial score (nSPS) is 10.5. The Morgan fingerprint density at radius 2 is 2.18 bits per heavy atom. The van der Waals surface area contributed by atoms with E-state index in [4.69, 9.17) is 4.74 Å². The first-order valence-electron chi connectivity index (χ1n) is 5.36. The van der Waals surface area contributed by atoms with Crippen LogP contribution in [-0.2, 0) is 11.2 Å². The fourth-order valence-electron chi connectivity index (χ4n) is 1.74. The van der Waals surface area contributed by atoms with Gasteiger partial charge >= 0.3 is 107 Å². The summed E-state index contributed by atoms with van der Waals surface area (Å²) in [4.78, 5) is 15.6. The first-order chi connectivity index (χ1) is 8.13. The molecule has 0 unspecified atom stereocenters. The van der Waals surface area contributed by atoms with E-state index in [2.05, 4.69) is 11.0 Å². The predicted octanol–water partition coefficient (Wildman–Crippen LogP) is 1.54. The SMILES string of the molecule is COc1cccc2[se]cc(CC(=O)N(C)C)c12. The van der Waals surface area contributed by atoms with E-state index in [1.807, 2.05) is 12.1 Å². The number of fused-ring (bicyclic) bond motifs is 1. The van der Waals surface area contributed by atoms with E-state index in [-0.39, 0.29) is 5.91 Å². The van der Waals surface area contributed by atoms with E-state index in [9.17, 15) is 4.79 Å². The Morgan fingerprint density at radius 1 is 1.41 bits per heavy atom.